The summed E-state index contributed by atoms with van der Waals surface area (Å²) in [6.07, 6.45) is 11.4. The molecule has 4 aliphatic rings. The van der Waals surface area contributed by atoms with Crippen molar-refractivity contribution in [2.24, 2.45) is 39.4 Å². The maximum absolute atomic E-state index is 14.1. The molecule has 0 aromatic carbocycles. The van der Waals surface area contributed by atoms with Crippen molar-refractivity contribution in [1.82, 2.24) is 0 Å². The molecule has 2 heteroatoms. The molecule has 2 nitrogen and oxygen atoms in total. The zero-order valence-corrected chi connectivity index (χ0v) is 22.0. The lowest BCUT2D eigenvalue weighted by atomic mass is 9.43. The molecule has 0 aromatic rings. The summed E-state index contributed by atoms with van der Waals surface area (Å²) in [5.74, 6) is 2.34. The maximum atomic E-state index is 14.1. The molecule has 2 fully saturated rings. The summed E-state index contributed by atoms with van der Waals surface area (Å²) in [6, 6.07) is 0. The number of hydrogen-bond donors (Lipinski definition) is 0. The minimum absolute atomic E-state index is 0.00726. The molecule has 0 heterocycles. The fraction of sp³-hybridized carbons (Fsp3) is 0.800. The van der Waals surface area contributed by atoms with Gasteiger partial charge in [-0.1, -0.05) is 64.3 Å². The topological polar surface area (TPSA) is 34.1 Å². The molecule has 0 radical (unpaired) electrons. The van der Waals surface area contributed by atoms with Crippen LogP contribution in [0.2, 0.25) is 0 Å². The van der Waals surface area contributed by atoms with Crippen molar-refractivity contribution in [3.63, 3.8) is 0 Å². The molecule has 6 atom stereocenters. The van der Waals surface area contributed by atoms with Crippen molar-refractivity contribution < 1.29 is 9.59 Å². The Hall–Kier alpha value is -1.18. The summed E-state index contributed by atoms with van der Waals surface area (Å²) in [5, 5.41) is 0. The van der Waals surface area contributed by atoms with Gasteiger partial charge in [-0.3, -0.25) is 9.59 Å². The van der Waals surface area contributed by atoms with Gasteiger partial charge in [-0.25, -0.2) is 0 Å². The average molecular weight is 439 g/mol. The van der Waals surface area contributed by atoms with Crippen molar-refractivity contribution in [2.45, 2.75) is 113 Å². The van der Waals surface area contributed by atoms with E-state index in [-0.39, 0.29) is 21.7 Å². The number of Topliss-reactive ketones (excluding diaryl/α,β-unsaturated/α-hetero) is 2. The minimum atomic E-state index is -0.270. The van der Waals surface area contributed by atoms with E-state index in [0.717, 1.165) is 32.1 Å². The van der Waals surface area contributed by atoms with Crippen LogP contribution in [0.1, 0.15) is 113 Å². The third-order valence-corrected chi connectivity index (χ3v) is 11.3. The third kappa shape index (κ3) is 3.10. The molecule has 0 unspecified atom stereocenters. The van der Waals surface area contributed by atoms with E-state index in [2.05, 4.69) is 61.5 Å². The van der Waals surface area contributed by atoms with Gasteiger partial charge in [-0.2, -0.15) is 0 Å². The Morgan fingerprint density at radius 2 is 1.66 bits per heavy atom. The van der Waals surface area contributed by atoms with Crippen molar-refractivity contribution in [3.8, 4) is 0 Å². The van der Waals surface area contributed by atoms with E-state index in [1.807, 2.05) is 0 Å². The molecule has 0 saturated heterocycles. The lowest BCUT2D eigenvalue weighted by Gasteiger charge is -2.60. The van der Waals surface area contributed by atoms with Crippen LogP contribution in [0.15, 0.2) is 22.8 Å². The number of ketones is 2. The molecule has 0 bridgehead atoms. The summed E-state index contributed by atoms with van der Waals surface area (Å²) in [5.41, 5.74) is 3.97. The highest BCUT2D eigenvalue weighted by molar-refractivity contribution is 5.92. The molecule has 0 spiro atoms. The van der Waals surface area contributed by atoms with E-state index in [1.165, 1.54) is 24.0 Å². The van der Waals surface area contributed by atoms with Crippen LogP contribution in [0.3, 0.4) is 0 Å². The minimum Gasteiger partial charge on any atom is -0.299 e. The first-order valence-corrected chi connectivity index (χ1v) is 13.2. The van der Waals surface area contributed by atoms with E-state index >= 15 is 0 Å². The van der Waals surface area contributed by atoms with Crippen LogP contribution in [0.5, 0.6) is 0 Å². The highest BCUT2D eigenvalue weighted by Crippen LogP contribution is 2.71. The first kappa shape index (κ1) is 24.0. The van der Waals surface area contributed by atoms with Crippen LogP contribution in [0, 0.1) is 39.4 Å². The number of rotatable bonds is 4. The lowest BCUT2D eigenvalue weighted by Crippen LogP contribution is -2.56. The fourth-order valence-electron chi connectivity index (χ4n) is 9.02. The fourth-order valence-corrected chi connectivity index (χ4v) is 9.02. The van der Waals surface area contributed by atoms with Crippen molar-refractivity contribution in [1.29, 1.82) is 0 Å². The SMILES string of the molecule is CC(C)=CCC[C@@H](C)[C@H]1CC[C@@]2(C)C3=C(CC(=O)[C@]12C)[C@@]1(C)CCC(=O)C(C)(C)[C@@H]1CC3. The Bertz CT molecular complexity index is 885. The first-order valence-electron chi connectivity index (χ1n) is 13.2. The number of hydrogen-bond acceptors (Lipinski definition) is 2. The highest BCUT2D eigenvalue weighted by atomic mass is 16.1. The van der Waals surface area contributed by atoms with Gasteiger partial charge in [-0.15, -0.1) is 0 Å². The van der Waals surface area contributed by atoms with Gasteiger partial charge in [0.1, 0.15) is 11.6 Å². The smallest absolute Gasteiger partial charge is 0.143 e. The van der Waals surface area contributed by atoms with E-state index in [4.69, 9.17) is 0 Å². The van der Waals surface area contributed by atoms with Crippen molar-refractivity contribution in [2.75, 3.05) is 0 Å². The van der Waals surface area contributed by atoms with Crippen LogP contribution in [-0.4, -0.2) is 11.6 Å². The molecule has 0 aliphatic heterocycles. The van der Waals surface area contributed by atoms with Crippen molar-refractivity contribution in [3.05, 3.63) is 22.8 Å². The van der Waals surface area contributed by atoms with Crippen LogP contribution < -0.4 is 0 Å². The molecule has 0 N–H and O–H groups in total. The van der Waals surface area contributed by atoms with Gasteiger partial charge in [0.05, 0.1) is 0 Å². The summed E-state index contributed by atoms with van der Waals surface area (Å²) in [6.45, 7) is 18.2. The monoisotopic (exact) mass is 438 g/mol. The van der Waals surface area contributed by atoms with E-state index in [9.17, 15) is 9.59 Å². The number of allylic oxidation sites excluding steroid dienone is 4. The number of carbonyl (C=O) groups is 2. The van der Waals surface area contributed by atoms with Crippen LogP contribution in [0.4, 0.5) is 0 Å². The normalized spacial score (nSPS) is 41.6. The second-order valence-electron chi connectivity index (χ2n) is 13.2. The lowest BCUT2D eigenvalue weighted by molar-refractivity contribution is -0.143. The predicted molar refractivity (Wildman–Crippen MR) is 132 cm³/mol. The zero-order chi connectivity index (χ0) is 23.7. The third-order valence-electron chi connectivity index (χ3n) is 11.3. The number of carbonyl (C=O) groups excluding carboxylic acids is 2. The second kappa shape index (κ2) is 7.67. The van der Waals surface area contributed by atoms with Crippen LogP contribution in [0.25, 0.3) is 0 Å². The van der Waals surface area contributed by atoms with Gasteiger partial charge in [0.25, 0.3) is 0 Å². The summed E-state index contributed by atoms with van der Waals surface area (Å²) >= 11 is 0. The molecular formula is C30H46O2. The van der Waals surface area contributed by atoms with Crippen LogP contribution in [-0.2, 0) is 9.59 Å². The van der Waals surface area contributed by atoms with Gasteiger partial charge < -0.3 is 0 Å². The summed E-state index contributed by atoms with van der Waals surface area (Å²) in [4.78, 5) is 26.9. The molecule has 4 aliphatic carbocycles. The van der Waals surface area contributed by atoms with Gasteiger partial charge in [0.2, 0.25) is 0 Å². The molecule has 0 amide bonds. The quantitative estimate of drug-likeness (QED) is 0.418. The van der Waals surface area contributed by atoms with Gasteiger partial charge in [-0.05, 0) is 82.0 Å². The van der Waals surface area contributed by atoms with Gasteiger partial charge in [0, 0.05) is 29.1 Å². The van der Waals surface area contributed by atoms with Gasteiger partial charge in [0.15, 0.2) is 0 Å². The molecule has 0 aromatic heterocycles. The highest BCUT2D eigenvalue weighted by Gasteiger charge is 2.66. The Balaban J connectivity index is 1.71. The second-order valence-corrected chi connectivity index (χ2v) is 13.2. The molecule has 4 rings (SSSR count). The largest absolute Gasteiger partial charge is 0.299 e. The predicted octanol–water partition coefficient (Wildman–Crippen LogP) is 7.87. The standard InChI is InChI=1S/C30H46O2/c1-19(2)10-9-11-20(3)21-14-17-29(7)22-12-13-24-27(4,5)25(31)15-16-28(24,6)23(22)18-26(32)30(21,29)8/h10,20-21,24H,9,11-18H2,1-8H3/t20-,21-,24+,28-,29+,30+/m1/s1. The van der Waals surface area contributed by atoms with Gasteiger partial charge >= 0.3 is 0 Å². The summed E-state index contributed by atoms with van der Waals surface area (Å²) in [7, 11) is 0. The Morgan fingerprint density at radius 1 is 0.969 bits per heavy atom. The van der Waals surface area contributed by atoms with E-state index in [1.54, 1.807) is 5.57 Å². The Kier molecular flexibility index (Phi) is 5.74. The first-order chi connectivity index (χ1) is 14.8. The van der Waals surface area contributed by atoms with E-state index < -0.39 is 0 Å². The Morgan fingerprint density at radius 3 is 2.31 bits per heavy atom. The maximum Gasteiger partial charge on any atom is 0.143 e. The summed E-state index contributed by atoms with van der Waals surface area (Å²) < 4.78 is 0. The van der Waals surface area contributed by atoms with E-state index in [0.29, 0.717) is 42.2 Å². The van der Waals surface area contributed by atoms with Crippen molar-refractivity contribution >= 4 is 11.6 Å². The molecule has 178 valence electrons. The molecular weight excluding hydrogens is 392 g/mol. The average Bonchev–Trinajstić information content (AvgIpc) is 2.99. The van der Waals surface area contributed by atoms with Crippen LogP contribution >= 0.6 is 0 Å². The Labute approximate surface area is 196 Å². The molecule has 32 heavy (non-hydrogen) atoms. The number of fused-ring (bicyclic) bond motifs is 4. The zero-order valence-electron chi connectivity index (χ0n) is 22.0. The molecule has 2 saturated carbocycles.